The Morgan fingerprint density at radius 1 is 1.32 bits per heavy atom. The van der Waals surface area contributed by atoms with E-state index in [1.165, 1.54) is 0 Å². The van der Waals surface area contributed by atoms with Gasteiger partial charge in [-0.15, -0.1) is 0 Å². The van der Waals surface area contributed by atoms with Crippen LogP contribution in [0.5, 0.6) is 0 Å². The normalized spacial score (nSPS) is 12.2. The highest BCUT2D eigenvalue weighted by Crippen LogP contribution is 2.14. The molecule has 0 fully saturated rings. The van der Waals surface area contributed by atoms with Gasteiger partial charge in [-0.2, -0.15) is 5.10 Å². The second-order valence-corrected chi connectivity index (χ2v) is 6.09. The fourth-order valence-corrected chi connectivity index (χ4v) is 2.64. The van der Waals surface area contributed by atoms with Gasteiger partial charge in [0.05, 0.1) is 11.7 Å². The second kappa shape index (κ2) is 7.45. The zero-order valence-corrected chi connectivity index (χ0v) is 14.0. The molecule has 1 amide bonds. The van der Waals surface area contributed by atoms with Crippen molar-refractivity contribution < 1.29 is 4.79 Å². The van der Waals surface area contributed by atoms with Crippen molar-refractivity contribution >= 4 is 17.5 Å². The van der Waals surface area contributed by atoms with Crippen LogP contribution in [0.15, 0.2) is 30.3 Å². The Bertz CT molecular complexity index is 634. The molecule has 0 unspecified atom stereocenters. The van der Waals surface area contributed by atoms with Crippen LogP contribution in [0.4, 0.5) is 0 Å². The number of amides is 1. The Kier molecular flexibility index (Phi) is 5.61. The SMILES string of the molecule is Cc1cc(C)n([C@@H](C)CC(=O)NCCc2ccc(Cl)cc2)n1. The lowest BCUT2D eigenvalue weighted by Crippen LogP contribution is -2.28. The number of aryl methyl sites for hydroxylation is 2. The first-order chi connectivity index (χ1) is 10.5. The third kappa shape index (κ3) is 4.60. The standard InChI is InChI=1S/C17H22ClN3O/c1-12-10-13(2)21(20-12)14(3)11-17(22)19-9-8-15-4-6-16(18)7-5-15/h4-7,10,14H,8-9,11H2,1-3H3,(H,19,22)/t14-/m0/s1. The molecule has 0 aliphatic rings. The van der Waals surface area contributed by atoms with E-state index in [1.54, 1.807) is 0 Å². The number of aromatic nitrogens is 2. The van der Waals surface area contributed by atoms with Crippen LogP contribution in [0.25, 0.3) is 0 Å². The Morgan fingerprint density at radius 3 is 2.59 bits per heavy atom. The van der Waals surface area contributed by atoms with E-state index in [2.05, 4.69) is 10.4 Å². The molecule has 0 bridgehead atoms. The van der Waals surface area contributed by atoms with E-state index in [1.807, 2.05) is 55.8 Å². The largest absolute Gasteiger partial charge is 0.356 e. The number of halogens is 1. The van der Waals surface area contributed by atoms with Gasteiger partial charge in [0, 0.05) is 23.7 Å². The first-order valence-corrected chi connectivity index (χ1v) is 7.87. The molecule has 118 valence electrons. The minimum Gasteiger partial charge on any atom is -0.356 e. The number of rotatable bonds is 6. The van der Waals surface area contributed by atoms with Gasteiger partial charge in [-0.25, -0.2) is 0 Å². The maximum Gasteiger partial charge on any atom is 0.222 e. The fourth-order valence-electron chi connectivity index (χ4n) is 2.52. The lowest BCUT2D eigenvalue weighted by atomic mass is 10.1. The fraction of sp³-hybridized carbons (Fsp3) is 0.412. The molecule has 5 heteroatoms. The molecule has 0 saturated carbocycles. The third-order valence-corrected chi connectivity index (χ3v) is 3.84. The average Bonchev–Trinajstić information content (AvgIpc) is 2.80. The van der Waals surface area contributed by atoms with E-state index in [0.717, 1.165) is 28.4 Å². The quantitative estimate of drug-likeness (QED) is 0.886. The van der Waals surface area contributed by atoms with Crippen molar-refractivity contribution in [2.45, 2.75) is 39.7 Å². The summed E-state index contributed by atoms with van der Waals surface area (Å²) in [5, 5.41) is 8.11. The van der Waals surface area contributed by atoms with Gasteiger partial charge in [0.25, 0.3) is 0 Å². The molecule has 0 aliphatic carbocycles. The van der Waals surface area contributed by atoms with Gasteiger partial charge < -0.3 is 5.32 Å². The van der Waals surface area contributed by atoms with Crippen molar-refractivity contribution in [2.24, 2.45) is 0 Å². The van der Waals surface area contributed by atoms with Crippen LogP contribution in [0, 0.1) is 13.8 Å². The number of carbonyl (C=O) groups is 1. The first-order valence-electron chi connectivity index (χ1n) is 7.49. The van der Waals surface area contributed by atoms with Gasteiger partial charge in [-0.05, 0) is 51.0 Å². The summed E-state index contributed by atoms with van der Waals surface area (Å²) in [7, 11) is 0. The van der Waals surface area contributed by atoms with Gasteiger partial charge in [-0.3, -0.25) is 9.48 Å². The Morgan fingerprint density at radius 2 is 2.00 bits per heavy atom. The van der Waals surface area contributed by atoms with Gasteiger partial charge in [-0.1, -0.05) is 23.7 Å². The molecule has 4 nitrogen and oxygen atoms in total. The number of benzene rings is 1. The first kappa shape index (κ1) is 16.6. The minimum absolute atomic E-state index is 0.0500. The zero-order valence-electron chi connectivity index (χ0n) is 13.3. The van der Waals surface area contributed by atoms with Crippen molar-refractivity contribution in [1.29, 1.82) is 0 Å². The molecule has 1 heterocycles. The summed E-state index contributed by atoms with van der Waals surface area (Å²) >= 11 is 5.85. The molecule has 22 heavy (non-hydrogen) atoms. The van der Waals surface area contributed by atoms with Gasteiger partial charge in [0.15, 0.2) is 0 Å². The molecule has 1 N–H and O–H groups in total. The van der Waals surface area contributed by atoms with Gasteiger partial charge in [0.2, 0.25) is 5.91 Å². The topological polar surface area (TPSA) is 46.9 Å². The average molecular weight is 320 g/mol. The lowest BCUT2D eigenvalue weighted by molar-refractivity contribution is -0.121. The van der Waals surface area contributed by atoms with Crippen LogP contribution in [0.1, 0.15) is 36.3 Å². The summed E-state index contributed by atoms with van der Waals surface area (Å²) in [4.78, 5) is 12.0. The maximum absolute atomic E-state index is 12.0. The monoisotopic (exact) mass is 319 g/mol. The zero-order chi connectivity index (χ0) is 16.1. The molecule has 2 rings (SSSR count). The summed E-state index contributed by atoms with van der Waals surface area (Å²) in [6.07, 6.45) is 1.24. The summed E-state index contributed by atoms with van der Waals surface area (Å²) < 4.78 is 1.91. The van der Waals surface area contributed by atoms with Crippen LogP contribution in [-0.4, -0.2) is 22.2 Å². The highest BCUT2D eigenvalue weighted by atomic mass is 35.5. The Hall–Kier alpha value is -1.81. The summed E-state index contributed by atoms with van der Waals surface area (Å²) in [5.41, 5.74) is 3.22. The van der Waals surface area contributed by atoms with Crippen LogP contribution < -0.4 is 5.32 Å². The van der Waals surface area contributed by atoms with E-state index < -0.39 is 0 Å². The van der Waals surface area contributed by atoms with E-state index in [9.17, 15) is 4.79 Å². The number of hydrogen-bond donors (Lipinski definition) is 1. The van der Waals surface area contributed by atoms with Crippen LogP contribution in [0.2, 0.25) is 5.02 Å². The van der Waals surface area contributed by atoms with E-state index in [4.69, 9.17) is 11.6 Å². The predicted octanol–water partition coefficient (Wildman–Crippen LogP) is 3.46. The Labute approximate surface area is 136 Å². The molecule has 1 atom stereocenters. The number of carbonyl (C=O) groups excluding carboxylic acids is 1. The third-order valence-electron chi connectivity index (χ3n) is 3.59. The molecule has 0 saturated heterocycles. The highest BCUT2D eigenvalue weighted by molar-refractivity contribution is 6.30. The Balaban J connectivity index is 1.78. The van der Waals surface area contributed by atoms with Crippen molar-refractivity contribution in [3.8, 4) is 0 Å². The molecule has 1 aromatic carbocycles. The summed E-state index contributed by atoms with van der Waals surface area (Å²) in [5.74, 6) is 0.0500. The number of nitrogens with zero attached hydrogens (tertiary/aromatic N) is 2. The van der Waals surface area contributed by atoms with E-state index in [-0.39, 0.29) is 11.9 Å². The van der Waals surface area contributed by atoms with Crippen molar-refractivity contribution in [3.63, 3.8) is 0 Å². The lowest BCUT2D eigenvalue weighted by Gasteiger charge is -2.14. The van der Waals surface area contributed by atoms with Crippen LogP contribution >= 0.6 is 11.6 Å². The summed E-state index contributed by atoms with van der Waals surface area (Å²) in [6.45, 7) is 6.61. The molecule has 0 spiro atoms. The molecule has 0 aliphatic heterocycles. The molecule has 1 aromatic heterocycles. The van der Waals surface area contributed by atoms with Crippen molar-refractivity contribution in [2.75, 3.05) is 6.54 Å². The highest BCUT2D eigenvalue weighted by Gasteiger charge is 2.13. The predicted molar refractivity (Wildman–Crippen MR) is 89.2 cm³/mol. The van der Waals surface area contributed by atoms with Crippen LogP contribution in [0.3, 0.4) is 0 Å². The van der Waals surface area contributed by atoms with E-state index >= 15 is 0 Å². The number of nitrogens with one attached hydrogen (secondary N) is 1. The molecule has 0 radical (unpaired) electrons. The number of hydrogen-bond acceptors (Lipinski definition) is 2. The summed E-state index contributed by atoms with van der Waals surface area (Å²) in [6, 6.07) is 9.77. The van der Waals surface area contributed by atoms with Crippen molar-refractivity contribution in [1.82, 2.24) is 15.1 Å². The molecular weight excluding hydrogens is 298 g/mol. The minimum atomic E-state index is 0.0500. The van der Waals surface area contributed by atoms with E-state index in [0.29, 0.717) is 13.0 Å². The molecular formula is C17H22ClN3O. The molecule has 2 aromatic rings. The van der Waals surface area contributed by atoms with Gasteiger partial charge >= 0.3 is 0 Å². The smallest absolute Gasteiger partial charge is 0.222 e. The van der Waals surface area contributed by atoms with Crippen molar-refractivity contribution in [3.05, 3.63) is 52.3 Å². The van der Waals surface area contributed by atoms with Gasteiger partial charge in [0.1, 0.15) is 0 Å². The van der Waals surface area contributed by atoms with Crippen LogP contribution in [-0.2, 0) is 11.2 Å². The second-order valence-electron chi connectivity index (χ2n) is 5.65. The maximum atomic E-state index is 12.0.